The van der Waals surface area contributed by atoms with Crippen LogP contribution in [0.15, 0.2) is 24.3 Å². The second-order valence-electron chi connectivity index (χ2n) is 7.05. The lowest BCUT2D eigenvalue weighted by Crippen LogP contribution is -2.63. The predicted molar refractivity (Wildman–Crippen MR) is 104 cm³/mol. The summed E-state index contributed by atoms with van der Waals surface area (Å²) in [7, 11) is 0. The molecule has 10 heteroatoms. The maximum Gasteiger partial charge on any atom is 0.378 e. The summed E-state index contributed by atoms with van der Waals surface area (Å²) >= 11 is 0. The van der Waals surface area contributed by atoms with Crippen molar-refractivity contribution in [2.24, 2.45) is 5.92 Å². The fraction of sp³-hybridized carbons (Fsp3) is 0.500. The Balaban J connectivity index is 2.17. The van der Waals surface area contributed by atoms with E-state index in [4.69, 9.17) is 14.6 Å². The van der Waals surface area contributed by atoms with Crippen LogP contribution in [-0.4, -0.2) is 59.3 Å². The minimum absolute atomic E-state index is 0.0491. The number of hydrogen-bond acceptors (Lipinski definition) is 7. The summed E-state index contributed by atoms with van der Waals surface area (Å²) in [4.78, 5) is 47.5. The van der Waals surface area contributed by atoms with Gasteiger partial charge < -0.3 is 30.3 Å². The maximum atomic E-state index is 12.5. The highest BCUT2D eigenvalue weighted by molar-refractivity contribution is 6.08. The zero-order valence-corrected chi connectivity index (χ0v) is 16.7. The van der Waals surface area contributed by atoms with Crippen molar-refractivity contribution in [2.75, 3.05) is 19.7 Å². The number of para-hydroxylation sites is 2. The monoisotopic (exact) mass is 422 g/mol. The minimum atomic E-state index is -2.66. The largest absolute Gasteiger partial charge is 0.479 e. The third-order valence-electron chi connectivity index (χ3n) is 4.81. The number of Topliss-reactive ketones (excluding diaryl/α,β-unsaturated/α-hetero) is 1. The summed E-state index contributed by atoms with van der Waals surface area (Å²) in [5, 5.41) is 24.0. The lowest BCUT2D eigenvalue weighted by atomic mass is 9.93. The van der Waals surface area contributed by atoms with Gasteiger partial charge in [0.1, 0.15) is 0 Å². The fourth-order valence-corrected chi connectivity index (χ4v) is 3.16. The smallest absolute Gasteiger partial charge is 0.378 e. The van der Waals surface area contributed by atoms with E-state index in [1.807, 2.05) is 0 Å². The normalized spacial score (nSPS) is 16.2. The van der Waals surface area contributed by atoms with Gasteiger partial charge in [0, 0.05) is 13.3 Å². The highest BCUT2D eigenvalue weighted by atomic mass is 16.6. The lowest BCUT2D eigenvalue weighted by molar-refractivity contribution is -0.167. The summed E-state index contributed by atoms with van der Waals surface area (Å²) in [6.45, 7) is 2.04. The van der Waals surface area contributed by atoms with Crippen LogP contribution in [0.5, 0.6) is 11.5 Å². The number of ketones is 1. The summed E-state index contributed by atoms with van der Waals surface area (Å²) in [5.41, 5.74) is -2.66. The van der Waals surface area contributed by atoms with E-state index in [2.05, 4.69) is 10.6 Å². The Morgan fingerprint density at radius 3 is 2.33 bits per heavy atom. The molecule has 0 radical (unpaired) electrons. The molecule has 1 heterocycles. The number of piperidine rings is 1. The number of amides is 1. The molecule has 164 valence electrons. The van der Waals surface area contributed by atoms with Gasteiger partial charge in [-0.2, -0.15) is 0 Å². The molecule has 1 aliphatic rings. The molecule has 1 saturated heterocycles. The first-order valence-corrected chi connectivity index (χ1v) is 9.63. The molecule has 1 unspecified atom stereocenters. The molecule has 30 heavy (non-hydrogen) atoms. The SMILES string of the molecule is CC(=O)C(NC(=O)CCC1CCNCC1)(Oc1ccccc1OCC(=O)O)C(=O)O. The quantitative estimate of drug-likeness (QED) is 0.300. The standard InChI is InChI=1S/C20H26N2O8/c1-13(23)20(19(27)28,22-17(24)7-6-14-8-10-21-11-9-14)30-16-5-3-2-4-15(16)29-12-18(25)26/h2-5,14,21H,6-12H2,1H3,(H,22,24)(H,25,26)(H,27,28). The molecule has 10 nitrogen and oxygen atoms in total. The Bertz CT molecular complexity index is 775. The van der Waals surface area contributed by atoms with Crippen LogP contribution < -0.4 is 20.1 Å². The number of benzene rings is 1. The first kappa shape index (κ1) is 23.1. The number of carboxylic acids is 2. The molecule has 1 aliphatic heterocycles. The number of carbonyl (C=O) groups is 4. The van der Waals surface area contributed by atoms with Crippen LogP contribution in [-0.2, 0) is 19.2 Å². The van der Waals surface area contributed by atoms with E-state index in [1.54, 1.807) is 0 Å². The highest BCUT2D eigenvalue weighted by Gasteiger charge is 2.48. The van der Waals surface area contributed by atoms with Crippen molar-refractivity contribution in [1.82, 2.24) is 10.6 Å². The molecule has 0 saturated carbocycles. The molecular formula is C20H26N2O8. The van der Waals surface area contributed by atoms with Gasteiger partial charge in [0.05, 0.1) is 0 Å². The van der Waals surface area contributed by atoms with Crippen LogP contribution in [0.3, 0.4) is 0 Å². The van der Waals surface area contributed by atoms with Gasteiger partial charge in [0.2, 0.25) is 11.7 Å². The molecule has 1 aromatic rings. The van der Waals surface area contributed by atoms with Crippen molar-refractivity contribution < 1.29 is 38.9 Å². The molecule has 0 aliphatic carbocycles. The van der Waals surface area contributed by atoms with E-state index in [-0.39, 0.29) is 17.9 Å². The molecule has 1 aromatic carbocycles. The molecule has 0 bridgehead atoms. The Morgan fingerprint density at radius 2 is 1.77 bits per heavy atom. The lowest BCUT2D eigenvalue weighted by Gasteiger charge is -2.29. The van der Waals surface area contributed by atoms with Crippen LogP contribution in [0.1, 0.15) is 32.6 Å². The van der Waals surface area contributed by atoms with Crippen molar-refractivity contribution in [1.29, 1.82) is 0 Å². The number of ether oxygens (including phenoxy) is 2. The number of hydrogen-bond donors (Lipinski definition) is 4. The van der Waals surface area contributed by atoms with Crippen molar-refractivity contribution in [3.05, 3.63) is 24.3 Å². The van der Waals surface area contributed by atoms with Crippen LogP contribution in [0.25, 0.3) is 0 Å². The number of carbonyl (C=O) groups excluding carboxylic acids is 2. The Morgan fingerprint density at radius 1 is 1.13 bits per heavy atom. The van der Waals surface area contributed by atoms with Gasteiger partial charge in [-0.3, -0.25) is 9.59 Å². The van der Waals surface area contributed by atoms with Crippen LogP contribution in [0.4, 0.5) is 0 Å². The van der Waals surface area contributed by atoms with Crippen molar-refractivity contribution in [3.8, 4) is 11.5 Å². The van der Waals surface area contributed by atoms with Crippen LogP contribution in [0.2, 0.25) is 0 Å². The van der Waals surface area contributed by atoms with Gasteiger partial charge in [-0.1, -0.05) is 12.1 Å². The Kier molecular flexibility index (Phi) is 8.16. The molecule has 0 aromatic heterocycles. The average molecular weight is 422 g/mol. The Labute approximate surface area is 173 Å². The van der Waals surface area contributed by atoms with E-state index >= 15 is 0 Å². The molecule has 1 fully saturated rings. The first-order chi connectivity index (χ1) is 14.2. The zero-order chi connectivity index (χ0) is 22.1. The van der Waals surface area contributed by atoms with Gasteiger partial charge in [0.15, 0.2) is 18.1 Å². The van der Waals surface area contributed by atoms with E-state index in [0.717, 1.165) is 32.9 Å². The Hall–Kier alpha value is -3.14. The molecular weight excluding hydrogens is 396 g/mol. The zero-order valence-electron chi connectivity index (χ0n) is 16.7. The number of aliphatic carboxylic acids is 2. The molecule has 0 spiro atoms. The fourth-order valence-electron chi connectivity index (χ4n) is 3.16. The summed E-state index contributed by atoms with van der Waals surface area (Å²) in [6, 6.07) is 5.70. The van der Waals surface area contributed by atoms with Crippen LogP contribution >= 0.6 is 0 Å². The van der Waals surface area contributed by atoms with Crippen LogP contribution in [0, 0.1) is 5.92 Å². The van der Waals surface area contributed by atoms with Gasteiger partial charge in [-0.25, -0.2) is 9.59 Å². The summed E-state index contributed by atoms with van der Waals surface area (Å²) < 4.78 is 10.5. The van der Waals surface area contributed by atoms with Crippen molar-refractivity contribution in [2.45, 2.75) is 38.3 Å². The third kappa shape index (κ3) is 6.18. The average Bonchev–Trinajstić information content (AvgIpc) is 2.71. The molecule has 1 atom stereocenters. The second kappa shape index (κ2) is 10.6. The predicted octanol–water partition coefficient (Wildman–Crippen LogP) is 0.795. The highest BCUT2D eigenvalue weighted by Crippen LogP contribution is 2.30. The van der Waals surface area contributed by atoms with Gasteiger partial charge in [-0.15, -0.1) is 0 Å². The van der Waals surface area contributed by atoms with E-state index in [0.29, 0.717) is 12.3 Å². The number of nitrogens with one attached hydrogen (secondary N) is 2. The maximum absolute atomic E-state index is 12.5. The minimum Gasteiger partial charge on any atom is -0.479 e. The van der Waals surface area contributed by atoms with E-state index in [1.165, 1.54) is 24.3 Å². The van der Waals surface area contributed by atoms with Gasteiger partial charge in [-0.05, 0) is 50.4 Å². The van der Waals surface area contributed by atoms with Crippen molar-refractivity contribution in [3.63, 3.8) is 0 Å². The first-order valence-electron chi connectivity index (χ1n) is 9.63. The van der Waals surface area contributed by atoms with E-state index in [9.17, 15) is 24.3 Å². The molecule has 4 N–H and O–H groups in total. The third-order valence-corrected chi connectivity index (χ3v) is 4.81. The summed E-state index contributed by atoms with van der Waals surface area (Å²) in [6.07, 6.45) is 2.47. The van der Waals surface area contributed by atoms with Gasteiger partial charge >= 0.3 is 17.7 Å². The molecule has 2 rings (SSSR count). The van der Waals surface area contributed by atoms with Gasteiger partial charge in [0.25, 0.3) is 0 Å². The van der Waals surface area contributed by atoms with E-state index < -0.39 is 36.0 Å². The topological polar surface area (TPSA) is 151 Å². The number of carboxylic acid groups (broad SMARTS) is 2. The van der Waals surface area contributed by atoms with Crippen molar-refractivity contribution >= 4 is 23.6 Å². The summed E-state index contributed by atoms with van der Waals surface area (Å²) in [5.74, 6) is -4.43. The number of rotatable bonds is 11. The molecule has 1 amide bonds. The second-order valence-corrected chi connectivity index (χ2v) is 7.05.